The van der Waals surface area contributed by atoms with Crippen LogP contribution in [-0.2, 0) is 37.9 Å². The lowest BCUT2D eigenvalue weighted by atomic mass is 9.35. The number of fused-ring (bicyclic) bond motifs is 5. The Morgan fingerprint density at radius 3 is 1.69 bits per heavy atom. The number of rotatable bonds is 16. The summed E-state index contributed by atoms with van der Waals surface area (Å²) in [5.41, 5.74) is -1.47. The van der Waals surface area contributed by atoms with Crippen LogP contribution in [0.5, 0.6) is 0 Å². The quantitative estimate of drug-likeness (QED) is 0.0614. The van der Waals surface area contributed by atoms with Gasteiger partial charge in [0.15, 0.2) is 25.2 Å². The molecule has 22 nitrogen and oxygen atoms in total. The van der Waals surface area contributed by atoms with Gasteiger partial charge in [0.05, 0.1) is 44.2 Å². The van der Waals surface area contributed by atoms with E-state index in [0.717, 1.165) is 24.8 Å². The fraction of sp³-hybridized carbons (Fsp3) is 0.962. The van der Waals surface area contributed by atoms with Crippen LogP contribution < -0.4 is 0 Å². The van der Waals surface area contributed by atoms with Crippen LogP contribution in [-0.4, -0.2) is 232 Å². The molecule has 4 heterocycles. The van der Waals surface area contributed by atoms with Crippen LogP contribution in [0.15, 0.2) is 11.6 Å². The van der Waals surface area contributed by atoms with Gasteiger partial charge in [-0.25, -0.2) is 0 Å². The molecule has 4 saturated heterocycles. The van der Waals surface area contributed by atoms with Gasteiger partial charge in [-0.2, -0.15) is 0 Å². The highest BCUT2D eigenvalue weighted by molar-refractivity contribution is 5.20. The molecular weight excluding hydrogens is 989 g/mol. The Kier molecular flexibility index (Phi) is 18.1. The Hall–Kier alpha value is -1.14. The van der Waals surface area contributed by atoms with E-state index in [4.69, 9.17) is 37.9 Å². The smallest absolute Gasteiger partial charge is 0.187 e. The van der Waals surface area contributed by atoms with Crippen molar-refractivity contribution in [2.75, 3.05) is 26.4 Å². The highest BCUT2D eigenvalue weighted by atomic mass is 16.8. The van der Waals surface area contributed by atoms with E-state index in [0.29, 0.717) is 38.5 Å². The highest BCUT2D eigenvalue weighted by Crippen LogP contribution is 2.76. The zero-order valence-electron chi connectivity index (χ0n) is 44.7. The SMILES string of the molecule is CC(C)=CCC[C@](C)(OC1OC(COC2OC(CO)C(O)C2O)C(O)C(O)C1O)[C@H]1CC[C@]2(C)[C@@H]1[C@H](O)C[C@@H]1[C@@]3(C)CC[C@H](OC4OC(CO)C(O)C(O)C4OC4OC(CO)C(O)C(O)C4O)C(C)(C)[C@@H]3CC[C@]12C. The molecule has 8 rings (SSSR count). The number of ether oxygens (including phenoxy) is 8. The minimum absolute atomic E-state index is 0.0508. The summed E-state index contributed by atoms with van der Waals surface area (Å²) in [6.45, 7) is 14.9. The van der Waals surface area contributed by atoms with Gasteiger partial charge in [-0.3, -0.25) is 0 Å². The molecule has 434 valence electrons. The largest absolute Gasteiger partial charge is 0.394 e. The summed E-state index contributed by atoms with van der Waals surface area (Å²) in [7, 11) is 0. The molecule has 0 aromatic heterocycles. The molecule has 0 amide bonds. The summed E-state index contributed by atoms with van der Waals surface area (Å²) in [6.07, 6.45) is -22.1. The van der Waals surface area contributed by atoms with E-state index < -0.39 is 172 Å². The third-order valence-electron chi connectivity index (χ3n) is 20.5. The second kappa shape index (κ2) is 22.7. The predicted octanol–water partition coefficient (Wildman–Crippen LogP) is -1.56. The number of aliphatic hydroxyl groups excluding tert-OH is 14. The van der Waals surface area contributed by atoms with Crippen LogP contribution in [0.25, 0.3) is 0 Å². The summed E-state index contributed by atoms with van der Waals surface area (Å²) in [5, 5.41) is 151. The summed E-state index contributed by atoms with van der Waals surface area (Å²) in [5.74, 6) is -0.394. The maximum absolute atomic E-state index is 12.8. The van der Waals surface area contributed by atoms with E-state index in [1.807, 2.05) is 20.8 Å². The minimum atomic E-state index is -1.81. The van der Waals surface area contributed by atoms with Crippen LogP contribution in [0.1, 0.15) is 113 Å². The lowest BCUT2D eigenvalue weighted by Gasteiger charge is -2.71. The van der Waals surface area contributed by atoms with E-state index in [2.05, 4.69) is 40.7 Å². The molecule has 4 saturated carbocycles. The van der Waals surface area contributed by atoms with Crippen LogP contribution >= 0.6 is 0 Å². The first-order valence-corrected chi connectivity index (χ1v) is 27.3. The first-order valence-electron chi connectivity index (χ1n) is 27.3. The zero-order chi connectivity index (χ0) is 55.1. The van der Waals surface area contributed by atoms with Gasteiger partial charge >= 0.3 is 0 Å². The number of hydrogen-bond acceptors (Lipinski definition) is 22. The maximum atomic E-state index is 12.8. The lowest BCUT2D eigenvalue weighted by Crippen LogP contribution is -2.68. The highest BCUT2D eigenvalue weighted by Gasteiger charge is 2.72. The fourth-order valence-electron chi connectivity index (χ4n) is 16.1. The monoisotopic (exact) mass is 1080 g/mol. The Labute approximate surface area is 439 Å². The average Bonchev–Trinajstić information content (AvgIpc) is 3.89. The summed E-state index contributed by atoms with van der Waals surface area (Å²) in [6, 6.07) is 0. The second-order valence-electron chi connectivity index (χ2n) is 25.3. The summed E-state index contributed by atoms with van der Waals surface area (Å²) < 4.78 is 48.9. The van der Waals surface area contributed by atoms with Gasteiger partial charge in [0.25, 0.3) is 0 Å². The van der Waals surface area contributed by atoms with Crippen LogP contribution in [0, 0.1) is 45.3 Å². The Morgan fingerprint density at radius 2 is 1.08 bits per heavy atom. The number of hydrogen-bond donors (Lipinski definition) is 14. The molecule has 4 aliphatic carbocycles. The van der Waals surface area contributed by atoms with E-state index in [-0.39, 0.29) is 34.5 Å². The van der Waals surface area contributed by atoms with E-state index >= 15 is 0 Å². The molecule has 8 fully saturated rings. The van der Waals surface area contributed by atoms with E-state index in [1.54, 1.807) is 0 Å². The van der Waals surface area contributed by atoms with Crippen molar-refractivity contribution in [1.82, 2.24) is 0 Å². The fourth-order valence-corrected chi connectivity index (χ4v) is 16.1. The van der Waals surface area contributed by atoms with Gasteiger partial charge in [0, 0.05) is 0 Å². The molecule has 0 aromatic rings. The molecule has 0 bridgehead atoms. The van der Waals surface area contributed by atoms with E-state index in [1.165, 1.54) is 0 Å². The third-order valence-corrected chi connectivity index (χ3v) is 20.5. The Balaban J connectivity index is 1.01. The Morgan fingerprint density at radius 1 is 0.560 bits per heavy atom. The van der Waals surface area contributed by atoms with Crippen molar-refractivity contribution < 1.29 is 109 Å². The molecule has 14 N–H and O–H groups in total. The average molecular weight is 1080 g/mol. The molecule has 19 unspecified atom stereocenters. The van der Waals surface area contributed by atoms with Crippen molar-refractivity contribution >= 4 is 0 Å². The van der Waals surface area contributed by atoms with E-state index in [9.17, 15) is 71.5 Å². The molecule has 22 heteroatoms. The molecule has 29 atom stereocenters. The number of aliphatic hydroxyl groups is 14. The van der Waals surface area contributed by atoms with Crippen molar-refractivity contribution in [3.63, 3.8) is 0 Å². The van der Waals surface area contributed by atoms with Crippen molar-refractivity contribution in [3.8, 4) is 0 Å². The lowest BCUT2D eigenvalue weighted by molar-refractivity contribution is -0.378. The summed E-state index contributed by atoms with van der Waals surface area (Å²) >= 11 is 0. The maximum Gasteiger partial charge on any atom is 0.187 e. The van der Waals surface area contributed by atoms with Gasteiger partial charge in [-0.1, -0.05) is 46.3 Å². The first kappa shape index (κ1) is 60.0. The second-order valence-corrected chi connectivity index (χ2v) is 25.3. The third kappa shape index (κ3) is 10.5. The van der Waals surface area contributed by atoms with Crippen molar-refractivity contribution in [2.24, 2.45) is 45.3 Å². The first-order chi connectivity index (χ1) is 35.1. The minimum Gasteiger partial charge on any atom is -0.394 e. The van der Waals surface area contributed by atoms with Crippen molar-refractivity contribution in [2.45, 2.75) is 248 Å². The van der Waals surface area contributed by atoms with Gasteiger partial charge in [-0.05, 0) is 124 Å². The zero-order valence-corrected chi connectivity index (χ0v) is 44.7. The molecular formula is C53H90O22. The van der Waals surface area contributed by atoms with Crippen LogP contribution in [0.4, 0.5) is 0 Å². The van der Waals surface area contributed by atoms with Crippen LogP contribution in [0.2, 0.25) is 0 Å². The molecule has 4 aliphatic heterocycles. The van der Waals surface area contributed by atoms with Crippen molar-refractivity contribution in [3.05, 3.63) is 11.6 Å². The normalized spacial score (nSPS) is 52.6. The van der Waals surface area contributed by atoms with Gasteiger partial charge < -0.3 is 109 Å². The molecule has 75 heavy (non-hydrogen) atoms. The molecule has 0 radical (unpaired) electrons. The Bertz CT molecular complexity index is 1940. The van der Waals surface area contributed by atoms with Gasteiger partial charge in [-0.15, -0.1) is 0 Å². The van der Waals surface area contributed by atoms with Gasteiger partial charge in [0.1, 0.15) is 91.6 Å². The standard InChI is InChI=1S/C53H90O22/c1-23(2)10-9-14-53(8,75-47-43(67)39(63)37(61)29(72-47)22-68-45-41(65)36(60)28(21-56)69-45)24-11-16-52(7)33(24)25(57)18-31-50(5)15-13-32(49(3,4)30(50)12-17-51(31,52)6)73-48-44(40(64)35(59)27(20-55)71-48)74-46-42(66)38(62)34(58)26(19-54)70-46/h10,24-48,54-67H,9,11-22H2,1-8H3/t24-,25+,26?,27?,28?,29?,30-,31+,32-,33-,34?,35?,36?,37?,38?,39?,40?,41?,42?,43?,44?,45?,46?,47?,48?,50-,51+,52+,53-/m0/s1. The topological polar surface area (TPSA) is 357 Å². The molecule has 0 aromatic carbocycles. The van der Waals surface area contributed by atoms with Gasteiger partial charge in [0.2, 0.25) is 0 Å². The molecule has 8 aliphatic rings. The summed E-state index contributed by atoms with van der Waals surface area (Å²) in [4.78, 5) is 0. The number of allylic oxidation sites excluding steroid dienone is 2. The van der Waals surface area contributed by atoms with Crippen LogP contribution in [0.3, 0.4) is 0 Å². The predicted molar refractivity (Wildman–Crippen MR) is 260 cm³/mol. The van der Waals surface area contributed by atoms with Crippen molar-refractivity contribution in [1.29, 1.82) is 0 Å². The molecule has 0 spiro atoms.